The van der Waals surface area contributed by atoms with Crippen LogP contribution < -0.4 is 5.32 Å². The molecule has 112 valence electrons. The Bertz CT molecular complexity index is 437. The van der Waals surface area contributed by atoms with E-state index in [1.807, 2.05) is 7.05 Å². The van der Waals surface area contributed by atoms with Gasteiger partial charge in [-0.25, -0.2) is 8.78 Å². The lowest BCUT2D eigenvalue weighted by Gasteiger charge is -2.35. The summed E-state index contributed by atoms with van der Waals surface area (Å²) >= 11 is 0. The van der Waals surface area contributed by atoms with Crippen molar-refractivity contribution in [2.45, 2.75) is 50.4 Å². The van der Waals surface area contributed by atoms with E-state index in [1.165, 1.54) is 31.0 Å². The lowest BCUT2D eigenvalue weighted by atomic mass is 9.98. The third-order valence-electron chi connectivity index (χ3n) is 4.54. The number of hydrogen-bond acceptors (Lipinski definition) is 2. The van der Waals surface area contributed by atoms with Gasteiger partial charge < -0.3 is 5.32 Å². The molecule has 2 saturated heterocycles. The van der Waals surface area contributed by atoms with Crippen LogP contribution in [-0.2, 0) is 6.54 Å². The van der Waals surface area contributed by atoms with Crippen LogP contribution in [0.5, 0.6) is 0 Å². The van der Waals surface area contributed by atoms with Crippen molar-refractivity contribution in [1.29, 1.82) is 0 Å². The maximum Gasteiger partial charge on any atom is 0.130 e. The van der Waals surface area contributed by atoms with Crippen molar-refractivity contribution in [2.75, 3.05) is 7.05 Å². The predicted molar refractivity (Wildman–Crippen MR) is 78.0 cm³/mol. The first-order valence-electron chi connectivity index (χ1n) is 7.02. The third kappa shape index (κ3) is 3.13. The van der Waals surface area contributed by atoms with Gasteiger partial charge in [0.2, 0.25) is 0 Å². The van der Waals surface area contributed by atoms with E-state index in [4.69, 9.17) is 0 Å². The molecule has 1 N–H and O–H groups in total. The minimum Gasteiger partial charge on any atom is -0.311 e. The van der Waals surface area contributed by atoms with E-state index in [-0.39, 0.29) is 18.0 Å². The maximum absolute atomic E-state index is 13.7. The first kappa shape index (κ1) is 15.7. The summed E-state index contributed by atoms with van der Waals surface area (Å²) in [6, 6.07) is 5.70. The zero-order valence-corrected chi connectivity index (χ0v) is 12.4. The molecule has 0 aliphatic carbocycles. The standard InChI is InChI=1S/C15H20F2N2.ClH/c1-19(9-13-14(16)3-2-4-15(13)17)12-7-10-5-6-11(8-12)18-10;/h2-4,10-12,18H,5-9H2,1H3;1H. The van der Waals surface area contributed by atoms with Crippen LogP contribution in [0.15, 0.2) is 18.2 Å². The van der Waals surface area contributed by atoms with Crippen molar-refractivity contribution in [2.24, 2.45) is 0 Å². The molecule has 2 bridgehead atoms. The molecule has 0 spiro atoms. The molecule has 0 radical (unpaired) electrons. The molecule has 1 aromatic rings. The summed E-state index contributed by atoms with van der Waals surface area (Å²) in [5.74, 6) is -0.882. The quantitative estimate of drug-likeness (QED) is 0.923. The highest BCUT2D eigenvalue weighted by Crippen LogP contribution is 2.30. The maximum atomic E-state index is 13.7. The van der Waals surface area contributed by atoms with Gasteiger partial charge in [0.1, 0.15) is 11.6 Å². The fraction of sp³-hybridized carbons (Fsp3) is 0.600. The first-order valence-corrected chi connectivity index (χ1v) is 7.02. The lowest BCUT2D eigenvalue weighted by molar-refractivity contribution is 0.162. The summed E-state index contributed by atoms with van der Waals surface area (Å²) < 4.78 is 27.3. The van der Waals surface area contributed by atoms with E-state index in [9.17, 15) is 8.78 Å². The summed E-state index contributed by atoms with van der Waals surface area (Å²) in [6.07, 6.45) is 4.65. The summed E-state index contributed by atoms with van der Waals surface area (Å²) in [5, 5.41) is 3.59. The number of piperidine rings is 1. The average Bonchev–Trinajstić information content (AvgIpc) is 2.72. The Morgan fingerprint density at radius 1 is 1.15 bits per heavy atom. The Morgan fingerprint density at radius 3 is 2.25 bits per heavy atom. The smallest absolute Gasteiger partial charge is 0.130 e. The lowest BCUT2D eigenvalue weighted by Crippen LogP contribution is -2.46. The van der Waals surface area contributed by atoms with Gasteiger partial charge in [0, 0.05) is 30.2 Å². The van der Waals surface area contributed by atoms with Crippen LogP contribution in [0.2, 0.25) is 0 Å². The van der Waals surface area contributed by atoms with E-state index in [0.29, 0.717) is 24.7 Å². The monoisotopic (exact) mass is 302 g/mol. The van der Waals surface area contributed by atoms with Crippen LogP contribution in [-0.4, -0.2) is 30.1 Å². The van der Waals surface area contributed by atoms with Crippen LogP contribution in [0, 0.1) is 11.6 Å². The van der Waals surface area contributed by atoms with Gasteiger partial charge in [-0.2, -0.15) is 0 Å². The molecule has 2 heterocycles. The van der Waals surface area contributed by atoms with Crippen LogP contribution >= 0.6 is 12.4 Å². The average molecular weight is 303 g/mol. The molecule has 2 unspecified atom stereocenters. The van der Waals surface area contributed by atoms with E-state index in [0.717, 1.165) is 12.8 Å². The Hall–Kier alpha value is -0.710. The van der Waals surface area contributed by atoms with Crippen molar-refractivity contribution in [3.05, 3.63) is 35.4 Å². The number of hydrogen-bond donors (Lipinski definition) is 1. The second-order valence-corrected chi connectivity index (χ2v) is 5.88. The molecular formula is C15H21ClF2N2. The molecule has 0 amide bonds. The van der Waals surface area contributed by atoms with Gasteiger partial charge in [0.05, 0.1) is 0 Å². The predicted octanol–water partition coefficient (Wildman–Crippen LogP) is 3.10. The second kappa shape index (κ2) is 6.37. The molecular weight excluding hydrogens is 282 g/mol. The summed E-state index contributed by atoms with van der Waals surface area (Å²) in [7, 11) is 1.97. The minimum atomic E-state index is -0.441. The van der Waals surface area contributed by atoms with E-state index >= 15 is 0 Å². The van der Waals surface area contributed by atoms with Gasteiger partial charge in [-0.15, -0.1) is 12.4 Å². The van der Waals surface area contributed by atoms with Gasteiger partial charge in [0.25, 0.3) is 0 Å². The van der Waals surface area contributed by atoms with Crippen molar-refractivity contribution < 1.29 is 8.78 Å². The van der Waals surface area contributed by atoms with Crippen molar-refractivity contribution >= 4 is 12.4 Å². The number of halogens is 3. The van der Waals surface area contributed by atoms with Crippen molar-refractivity contribution in [3.8, 4) is 0 Å². The molecule has 20 heavy (non-hydrogen) atoms. The molecule has 2 aliphatic heterocycles. The summed E-state index contributed by atoms with van der Waals surface area (Å²) in [4.78, 5) is 2.10. The molecule has 0 aromatic heterocycles. The number of nitrogens with one attached hydrogen (secondary N) is 1. The van der Waals surface area contributed by atoms with Gasteiger partial charge in [-0.3, -0.25) is 4.90 Å². The van der Waals surface area contributed by atoms with Crippen molar-refractivity contribution in [1.82, 2.24) is 10.2 Å². The van der Waals surface area contributed by atoms with Crippen LogP contribution in [0.3, 0.4) is 0 Å². The summed E-state index contributed by atoms with van der Waals surface area (Å²) in [5.41, 5.74) is 0.191. The van der Waals surface area contributed by atoms with E-state index in [1.54, 1.807) is 0 Å². The third-order valence-corrected chi connectivity index (χ3v) is 4.54. The Kier molecular flexibility index (Phi) is 4.99. The highest BCUT2D eigenvalue weighted by molar-refractivity contribution is 5.85. The second-order valence-electron chi connectivity index (χ2n) is 5.88. The SMILES string of the molecule is CN(Cc1c(F)cccc1F)C1CC2CCC(C1)N2.Cl. The van der Waals surface area contributed by atoms with Crippen LogP contribution in [0.4, 0.5) is 8.78 Å². The highest BCUT2D eigenvalue weighted by atomic mass is 35.5. The summed E-state index contributed by atoms with van der Waals surface area (Å²) in [6.45, 7) is 0.350. The van der Waals surface area contributed by atoms with Crippen LogP contribution in [0.25, 0.3) is 0 Å². The Labute approximate surface area is 124 Å². The number of fused-ring (bicyclic) bond motifs is 2. The molecule has 2 fully saturated rings. The minimum absolute atomic E-state index is 0. The molecule has 2 nitrogen and oxygen atoms in total. The Balaban J connectivity index is 0.00000147. The van der Waals surface area contributed by atoms with Gasteiger partial charge in [0.15, 0.2) is 0 Å². The largest absolute Gasteiger partial charge is 0.311 e. The first-order chi connectivity index (χ1) is 9.13. The van der Waals surface area contributed by atoms with Gasteiger partial charge in [-0.1, -0.05) is 6.07 Å². The van der Waals surface area contributed by atoms with Crippen LogP contribution in [0.1, 0.15) is 31.2 Å². The Morgan fingerprint density at radius 2 is 1.70 bits per heavy atom. The van der Waals surface area contributed by atoms with E-state index in [2.05, 4.69) is 10.2 Å². The van der Waals surface area contributed by atoms with E-state index < -0.39 is 11.6 Å². The van der Waals surface area contributed by atoms with Gasteiger partial charge in [-0.05, 0) is 44.9 Å². The molecule has 2 aliphatic rings. The molecule has 2 atom stereocenters. The number of nitrogens with zero attached hydrogens (tertiary/aromatic N) is 1. The highest BCUT2D eigenvalue weighted by Gasteiger charge is 2.35. The zero-order valence-electron chi connectivity index (χ0n) is 11.6. The molecule has 5 heteroatoms. The number of benzene rings is 1. The fourth-order valence-corrected chi connectivity index (χ4v) is 3.45. The fourth-order valence-electron chi connectivity index (χ4n) is 3.45. The molecule has 1 aromatic carbocycles. The van der Waals surface area contributed by atoms with Gasteiger partial charge >= 0.3 is 0 Å². The number of rotatable bonds is 3. The zero-order chi connectivity index (χ0) is 13.4. The normalized spacial score (nSPS) is 28.5. The van der Waals surface area contributed by atoms with Crippen molar-refractivity contribution in [3.63, 3.8) is 0 Å². The topological polar surface area (TPSA) is 15.3 Å². The molecule has 0 saturated carbocycles. The molecule has 3 rings (SSSR count).